The standard InChI is InChI=1S/C11H15ClN4O2/c1-2-13-11(8-16(17)18)14-6-5-9-3-4-10(12)15-7-9/h3-4,7-8,13-14H,2,5-6H2,1H3. The summed E-state index contributed by atoms with van der Waals surface area (Å²) < 4.78 is 0. The van der Waals surface area contributed by atoms with Crippen molar-refractivity contribution in [2.24, 2.45) is 0 Å². The zero-order chi connectivity index (χ0) is 13.4. The van der Waals surface area contributed by atoms with Gasteiger partial charge in [0.25, 0.3) is 6.20 Å². The van der Waals surface area contributed by atoms with Gasteiger partial charge in [0.05, 0.1) is 4.92 Å². The van der Waals surface area contributed by atoms with E-state index < -0.39 is 4.92 Å². The Morgan fingerprint density at radius 2 is 2.33 bits per heavy atom. The molecule has 0 radical (unpaired) electrons. The van der Waals surface area contributed by atoms with E-state index in [2.05, 4.69) is 15.6 Å². The van der Waals surface area contributed by atoms with Crippen molar-refractivity contribution < 1.29 is 4.92 Å². The van der Waals surface area contributed by atoms with Crippen molar-refractivity contribution in [1.29, 1.82) is 0 Å². The third-order valence-corrected chi connectivity index (χ3v) is 2.34. The molecule has 1 rings (SSSR count). The Hall–Kier alpha value is -1.82. The summed E-state index contributed by atoms with van der Waals surface area (Å²) in [5.41, 5.74) is 1.02. The Morgan fingerprint density at radius 1 is 1.56 bits per heavy atom. The summed E-state index contributed by atoms with van der Waals surface area (Å²) in [4.78, 5) is 13.8. The largest absolute Gasteiger partial charge is 0.367 e. The number of rotatable bonds is 7. The summed E-state index contributed by atoms with van der Waals surface area (Å²) in [6.45, 7) is 3.07. The molecule has 0 fully saturated rings. The molecule has 0 atom stereocenters. The SMILES string of the molecule is CCNC(=C[N+](=O)[O-])NCCc1ccc(Cl)nc1. The van der Waals surface area contributed by atoms with Crippen LogP contribution in [0.2, 0.25) is 5.15 Å². The Morgan fingerprint density at radius 3 is 2.89 bits per heavy atom. The van der Waals surface area contributed by atoms with E-state index in [4.69, 9.17) is 11.6 Å². The first-order chi connectivity index (χ1) is 8.61. The molecule has 1 heterocycles. The fraction of sp³-hybridized carbons (Fsp3) is 0.364. The molecule has 18 heavy (non-hydrogen) atoms. The van der Waals surface area contributed by atoms with Crippen molar-refractivity contribution in [2.45, 2.75) is 13.3 Å². The summed E-state index contributed by atoms with van der Waals surface area (Å²) in [7, 11) is 0. The molecule has 0 unspecified atom stereocenters. The summed E-state index contributed by atoms with van der Waals surface area (Å²) in [5, 5.41) is 16.7. The number of pyridine rings is 1. The molecule has 1 aromatic rings. The zero-order valence-electron chi connectivity index (χ0n) is 10.0. The number of halogens is 1. The molecule has 0 spiro atoms. The van der Waals surface area contributed by atoms with Gasteiger partial charge in [0.15, 0.2) is 5.82 Å². The maximum atomic E-state index is 10.4. The van der Waals surface area contributed by atoms with Crippen LogP contribution in [0.1, 0.15) is 12.5 Å². The van der Waals surface area contributed by atoms with E-state index in [0.717, 1.165) is 11.8 Å². The average molecular weight is 271 g/mol. The van der Waals surface area contributed by atoms with Crippen LogP contribution in [-0.2, 0) is 6.42 Å². The second kappa shape index (κ2) is 7.50. The quantitative estimate of drug-likeness (QED) is 0.446. The average Bonchev–Trinajstić information content (AvgIpc) is 2.31. The Kier molecular flexibility index (Phi) is 5.93. The third kappa shape index (κ3) is 5.49. The first kappa shape index (κ1) is 14.2. The topological polar surface area (TPSA) is 80.1 Å². The van der Waals surface area contributed by atoms with E-state index in [1.165, 1.54) is 0 Å². The van der Waals surface area contributed by atoms with Crippen LogP contribution in [0.4, 0.5) is 0 Å². The van der Waals surface area contributed by atoms with Gasteiger partial charge in [0.2, 0.25) is 0 Å². The van der Waals surface area contributed by atoms with Gasteiger partial charge in [-0.2, -0.15) is 0 Å². The van der Waals surface area contributed by atoms with E-state index in [9.17, 15) is 10.1 Å². The van der Waals surface area contributed by atoms with Crippen LogP contribution in [0, 0.1) is 10.1 Å². The van der Waals surface area contributed by atoms with Crippen molar-refractivity contribution in [2.75, 3.05) is 13.1 Å². The number of nitro groups is 1. The molecule has 0 saturated carbocycles. The van der Waals surface area contributed by atoms with Gasteiger partial charge >= 0.3 is 0 Å². The van der Waals surface area contributed by atoms with Gasteiger partial charge in [-0.05, 0) is 25.0 Å². The lowest BCUT2D eigenvalue weighted by atomic mass is 10.2. The second-order valence-corrected chi connectivity index (χ2v) is 3.91. The van der Waals surface area contributed by atoms with Gasteiger partial charge < -0.3 is 10.6 Å². The minimum absolute atomic E-state index is 0.407. The lowest BCUT2D eigenvalue weighted by molar-refractivity contribution is -0.404. The molecule has 0 aromatic carbocycles. The fourth-order valence-corrected chi connectivity index (χ4v) is 1.46. The van der Waals surface area contributed by atoms with Gasteiger partial charge in [-0.25, -0.2) is 4.98 Å². The molecular weight excluding hydrogens is 256 g/mol. The van der Waals surface area contributed by atoms with E-state index in [1.807, 2.05) is 13.0 Å². The minimum atomic E-state index is -0.491. The Balaban J connectivity index is 2.43. The van der Waals surface area contributed by atoms with Crippen molar-refractivity contribution in [3.05, 3.63) is 51.2 Å². The maximum Gasteiger partial charge on any atom is 0.274 e. The maximum absolute atomic E-state index is 10.4. The highest BCUT2D eigenvalue weighted by molar-refractivity contribution is 6.29. The lowest BCUT2D eigenvalue weighted by Gasteiger charge is -2.09. The lowest BCUT2D eigenvalue weighted by Crippen LogP contribution is -2.28. The summed E-state index contributed by atoms with van der Waals surface area (Å²) in [6, 6.07) is 3.59. The van der Waals surface area contributed by atoms with Crippen molar-refractivity contribution in [3.8, 4) is 0 Å². The third-order valence-electron chi connectivity index (χ3n) is 2.12. The molecule has 0 aliphatic heterocycles. The number of nitrogens with one attached hydrogen (secondary N) is 2. The highest BCUT2D eigenvalue weighted by Crippen LogP contribution is 2.05. The first-order valence-electron chi connectivity index (χ1n) is 5.55. The highest BCUT2D eigenvalue weighted by Gasteiger charge is 2.01. The zero-order valence-corrected chi connectivity index (χ0v) is 10.8. The Labute approximate surface area is 110 Å². The van der Waals surface area contributed by atoms with Crippen LogP contribution < -0.4 is 10.6 Å². The number of hydrogen-bond donors (Lipinski definition) is 2. The monoisotopic (exact) mass is 270 g/mol. The number of nitrogens with zero attached hydrogens (tertiary/aromatic N) is 2. The second-order valence-electron chi connectivity index (χ2n) is 3.52. The summed E-state index contributed by atoms with van der Waals surface area (Å²) >= 11 is 5.67. The van der Waals surface area contributed by atoms with Gasteiger partial charge in [0, 0.05) is 19.3 Å². The minimum Gasteiger partial charge on any atom is -0.367 e. The van der Waals surface area contributed by atoms with Crippen LogP contribution in [-0.4, -0.2) is 23.0 Å². The van der Waals surface area contributed by atoms with Crippen LogP contribution in [0.15, 0.2) is 30.4 Å². The normalized spacial score (nSPS) is 11.1. The van der Waals surface area contributed by atoms with E-state index in [1.54, 1.807) is 12.3 Å². The van der Waals surface area contributed by atoms with Crippen molar-refractivity contribution in [1.82, 2.24) is 15.6 Å². The fourth-order valence-electron chi connectivity index (χ4n) is 1.35. The van der Waals surface area contributed by atoms with Gasteiger partial charge in [-0.3, -0.25) is 10.1 Å². The molecule has 0 bridgehead atoms. The Bertz CT molecular complexity index is 420. The molecular formula is C11H15ClN4O2. The van der Waals surface area contributed by atoms with Crippen LogP contribution in [0.3, 0.4) is 0 Å². The first-order valence-corrected chi connectivity index (χ1v) is 5.93. The van der Waals surface area contributed by atoms with E-state index >= 15 is 0 Å². The van der Waals surface area contributed by atoms with Crippen molar-refractivity contribution in [3.63, 3.8) is 0 Å². The van der Waals surface area contributed by atoms with Crippen LogP contribution in [0.5, 0.6) is 0 Å². The predicted molar refractivity (Wildman–Crippen MR) is 69.7 cm³/mol. The number of hydrogen-bond acceptors (Lipinski definition) is 5. The van der Waals surface area contributed by atoms with Crippen LogP contribution >= 0.6 is 11.6 Å². The van der Waals surface area contributed by atoms with Crippen LogP contribution in [0.25, 0.3) is 0 Å². The van der Waals surface area contributed by atoms with Gasteiger partial charge in [0.1, 0.15) is 5.15 Å². The summed E-state index contributed by atoms with van der Waals surface area (Å²) in [5.74, 6) is 0.407. The molecule has 6 nitrogen and oxygen atoms in total. The molecule has 7 heteroatoms. The summed E-state index contributed by atoms with van der Waals surface area (Å²) in [6.07, 6.45) is 3.32. The molecule has 1 aromatic heterocycles. The molecule has 2 N–H and O–H groups in total. The molecule has 0 aliphatic carbocycles. The van der Waals surface area contributed by atoms with Crippen molar-refractivity contribution >= 4 is 11.6 Å². The van der Waals surface area contributed by atoms with E-state index in [-0.39, 0.29) is 0 Å². The molecule has 0 amide bonds. The highest BCUT2D eigenvalue weighted by atomic mass is 35.5. The molecule has 0 aliphatic rings. The predicted octanol–water partition coefficient (Wildman–Crippen LogP) is 1.55. The molecule has 0 saturated heterocycles. The smallest absolute Gasteiger partial charge is 0.274 e. The van der Waals surface area contributed by atoms with E-state index in [0.29, 0.717) is 30.5 Å². The van der Waals surface area contributed by atoms with Gasteiger partial charge in [-0.15, -0.1) is 0 Å². The number of aromatic nitrogens is 1. The van der Waals surface area contributed by atoms with Gasteiger partial charge in [-0.1, -0.05) is 17.7 Å². The molecule has 98 valence electrons.